The summed E-state index contributed by atoms with van der Waals surface area (Å²) < 4.78 is 45.3. The molecule has 3 N–H and O–H groups in total. The van der Waals surface area contributed by atoms with E-state index in [-0.39, 0.29) is 18.8 Å². The van der Waals surface area contributed by atoms with E-state index in [1.165, 1.54) is 12.1 Å². The lowest BCUT2D eigenvalue weighted by Crippen LogP contribution is -2.24. The minimum absolute atomic E-state index is 0.139. The molecule has 0 saturated carbocycles. The van der Waals surface area contributed by atoms with Crippen LogP contribution in [0.25, 0.3) is 6.08 Å². The second-order valence-corrected chi connectivity index (χ2v) is 5.19. The highest BCUT2D eigenvalue weighted by molar-refractivity contribution is 5.68. The number of carbonyl (C=O) groups excluding carboxylic acids is 1. The van der Waals surface area contributed by atoms with Gasteiger partial charge in [0.05, 0.1) is 5.69 Å². The lowest BCUT2D eigenvalue weighted by atomic mass is 10.2. The number of nitrogens with one attached hydrogen (secondary N) is 1. The maximum absolute atomic E-state index is 12.2. The van der Waals surface area contributed by atoms with Gasteiger partial charge in [0.1, 0.15) is 6.61 Å². The van der Waals surface area contributed by atoms with Crippen molar-refractivity contribution < 1.29 is 27.4 Å². The zero-order chi connectivity index (χ0) is 19.0. The van der Waals surface area contributed by atoms with Crippen molar-refractivity contribution >= 4 is 17.9 Å². The third-order valence-corrected chi connectivity index (χ3v) is 3.15. The molecule has 0 unspecified atom stereocenters. The monoisotopic (exact) mass is 366 g/mol. The van der Waals surface area contributed by atoms with Gasteiger partial charge in [0.25, 0.3) is 0 Å². The van der Waals surface area contributed by atoms with E-state index < -0.39 is 18.2 Å². The first-order valence-electron chi connectivity index (χ1n) is 7.60. The Balaban J connectivity index is 1.77. The fourth-order valence-electron chi connectivity index (χ4n) is 2.00. The number of rotatable bonds is 6. The highest BCUT2D eigenvalue weighted by Crippen LogP contribution is 2.29. The van der Waals surface area contributed by atoms with E-state index in [0.29, 0.717) is 5.56 Å². The number of anilines is 1. The quantitative estimate of drug-likeness (QED) is 0.755. The summed E-state index contributed by atoms with van der Waals surface area (Å²) in [5.74, 6) is -0.461. The van der Waals surface area contributed by atoms with Crippen LogP contribution in [0.5, 0.6) is 5.75 Å². The molecule has 2 aromatic rings. The molecule has 2 aromatic carbocycles. The van der Waals surface area contributed by atoms with Crippen molar-refractivity contribution in [1.29, 1.82) is 0 Å². The molecule has 0 heterocycles. The first-order valence-corrected chi connectivity index (χ1v) is 7.60. The first-order chi connectivity index (χ1) is 12.3. The van der Waals surface area contributed by atoms with Gasteiger partial charge in [-0.15, -0.1) is 13.2 Å². The van der Waals surface area contributed by atoms with Crippen LogP contribution in [0.1, 0.15) is 11.1 Å². The van der Waals surface area contributed by atoms with Crippen LogP contribution in [0.3, 0.4) is 0 Å². The number of amides is 1. The van der Waals surface area contributed by atoms with Gasteiger partial charge in [-0.05, 0) is 23.3 Å². The minimum Gasteiger partial charge on any atom is -0.445 e. The number of alkyl carbamates (subject to hydrolysis) is 1. The molecule has 26 heavy (non-hydrogen) atoms. The van der Waals surface area contributed by atoms with Gasteiger partial charge in [0.2, 0.25) is 0 Å². The number of hydrogen-bond acceptors (Lipinski definition) is 4. The molecule has 0 atom stereocenters. The average molecular weight is 366 g/mol. The Morgan fingerprint density at radius 2 is 1.88 bits per heavy atom. The number of nitrogens with two attached hydrogens (primary N) is 1. The fourth-order valence-corrected chi connectivity index (χ4v) is 2.00. The van der Waals surface area contributed by atoms with E-state index in [9.17, 15) is 18.0 Å². The molecular weight excluding hydrogens is 349 g/mol. The van der Waals surface area contributed by atoms with Crippen molar-refractivity contribution in [3.63, 3.8) is 0 Å². The number of ether oxygens (including phenoxy) is 2. The highest BCUT2D eigenvalue weighted by Gasteiger charge is 2.31. The molecule has 138 valence electrons. The van der Waals surface area contributed by atoms with Crippen LogP contribution in [0.2, 0.25) is 0 Å². The molecule has 0 aromatic heterocycles. The van der Waals surface area contributed by atoms with Gasteiger partial charge in [0.15, 0.2) is 5.75 Å². The van der Waals surface area contributed by atoms with Gasteiger partial charge < -0.3 is 20.5 Å². The summed E-state index contributed by atoms with van der Waals surface area (Å²) >= 11 is 0. The smallest absolute Gasteiger partial charge is 0.445 e. The number of nitrogen functional groups attached to an aromatic ring is 1. The summed E-state index contributed by atoms with van der Waals surface area (Å²) in [6.45, 7) is 0.349. The standard InChI is InChI=1S/C18H17F3N2O3/c19-18(20,21)26-16-9-8-13(11-15(16)22)7-4-10-23-17(24)25-12-14-5-2-1-3-6-14/h1-9,11H,10,12,22H2,(H,23,24). The minimum atomic E-state index is -4.80. The third-order valence-electron chi connectivity index (χ3n) is 3.15. The fraction of sp³-hybridized carbons (Fsp3) is 0.167. The number of alkyl halides is 3. The Hall–Kier alpha value is -3.16. The summed E-state index contributed by atoms with van der Waals surface area (Å²) in [7, 11) is 0. The summed E-state index contributed by atoms with van der Waals surface area (Å²) in [6.07, 6.45) is -2.16. The Bertz CT molecular complexity index is 762. The molecule has 2 rings (SSSR count). The molecule has 0 aliphatic rings. The van der Waals surface area contributed by atoms with Crippen molar-refractivity contribution in [3.8, 4) is 5.75 Å². The Kier molecular flexibility index (Phi) is 6.48. The maximum atomic E-state index is 12.2. The predicted octanol–water partition coefficient (Wildman–Crippen LogP) is 4.11. The van der Waals surface area contributed by atoms with Gasteiger partial charge in [-0.2, -0.15) is 0 Å². The highest BCUT2D eigenvalue weighted by atomic mass is 19.4. The Morgan fingerprint density at radius 3 is 2.54 bits per heavy atom. The molecule has 0 saturated heterocycles. The number of carbonyl (C=O) groups is 1. The van der Waals surface area contributed by atoms with Gasteiger partial charge in [0, 0.05) is 6.54 Å². The Labute approximate surface area is 148 Å². The van der Waals surface area contributed by atoms with Crippen molar-refractivity contribution in [2.75, 3.05) is 12.3 Å². The molecule has 0 bridgehead atoms. The number of halogens is 3. The van der Waals surface area contributed by atoms with E-state index in [0.717, 1.165) is 11.6 Å². The van der Waals surface area contributed by atoms with E-state index in [1.807, 2.05) is 30.3 Å². The van der Waals surface area contributed by atoms with Gasteiger partial charge in [-0.1, -0.05) is 48.6 Å². The average Bonchev–Trinajstić information content (AvgIpc) is 2.59. The third kappa shape index (κ3) is 6.76. The molecule has 0 fully saturated rings. The van der Waals surface area contributed by atoms with Crippen LogP contribution < -0.4 is 15.8 Å². The summed E-state index contributed by atoms with van der Waals surface area (Å²) in [4.78, 5) is 11.5. The molecule has 0 aliphatic carbocycles. The number of benzene rings is 2. The molecule has 1 amide bonds. The lowest BCUT2D eigenvalue weighted by Gasteiger charge is -2.11. The van der Waals surface area contributed by atoms with E-state index in [2.05, 4.69) is 10.1 Å². The molecule has 0 aliphatic heterocycles. The largest absolute Gasteiger partial charge is 0.573 e. The molecule has 8 heteroatoms. The summed E-state index contributed by atoms with van der Waals surface area (Å²) in [5, 5.41) is 2.53. The van der Waals surface area contributed by atoms with Crippen molar-refractivity contribution in [1.82, 2.24) is 5.32 Å². The molecule has 5 nitrogen and oxygen atoms in total. The topological polar surface area (TPSA) is 73.6 Å². The van der Waals surface area contributed by atoms with Gasteiger partial charge in [-0.25, -0.2) is 4.79 Å². The zero-order valence-corrected chi connectivity index (χ0v) is 13.6. The second-order valence-electron chi connectivity index (χ2n) is 5.19. The maximum Gasteiger partial charge on any atom is 0.573 e. The van der Waals surface area contributed by atoms with E-state index in [4.69, 9.17) is 10.5 Å². The summed E-state index contributed by atoms with van der Waals surface area (Å²) in [5.41, 5.74) is 6.82. The SMILES string of the molecule is Nc1cc(C=CCNC(=O)OCc2ccccc2)ccc1OC(F)(F)F. The predicted molar refractivity (Wildman–Crippen MR) is 91.2 cm³/mol. The summed E-state index contributed by atoms with van der Waals surface area (Å²) in [6, 6.07) is 13.1. The Morgan fingerprint density at radius 1 is 1.15 bits per heavy atom. The van der Waals surface area contributed by atoms with Crippen molar-refractivity contribution in [2.45, 2.75) is 13.0 Å². The van der Waals surface area contributed by atoms with Gasteiger partial charge >= 0.3 is 12.5 Å². The van der Waals surface area contributed by atoms with E-state index >= 15 is 0 Å². The van der Waals surface area contributed by atoms with Crippen molar-refractivity contribution in [3.05, 3.63) is 65.7 Å². The zero-order valence-electron chi connectivity index (χ0n) is 13.6. The van der Waals surface area contributed by atoms with Gasteiger partial charge in [-0.3, -0.25) is 0 Å². The van der Waals surface area contributed by atoms with Crippen LogP contribution >= 0.6 is 0 Å². The molecular formula is C18H17F3N2O3. The lowest BCUT2D eigenvalue weighted by molar-refractivity contribution is -0.274. The normalized spacial score (nSPS) is 11.3. The van der Waals surface area contributed by atoms with Crippen LogP contribution in [0.4, 0.5) is 23.7 Å². The van der Waals surface area contributed by atoms with Crippen LogP contribution in [0, 0.1) is 0 Å². The molecule has 0 spiro atoms. The van der Waals surface area contributed by atoms with E-state index in [1.54, 1.807) is 12.2 Å². The van der Waals surface area contributed by atoms with Crippen LogP contribution in [-0.2, 0) is 11.3 Å². The molecule has 0 radical (unpaired) electrons. The second kappa shape index (κ2) is 8.80. The first kappa shape index (κ1) is 19.2. The van der Waals surface area contributed by atoms with Crippen LogP contribution in [0.15, 0.2) is 54.6 Å². The number of hydrogen-bond donors (Lipinski definition) is 2. The van der Waals surface area contributed by atoms with Crippen molar-refractivity contribution in [2.24, 2.45) is 0 Å². The van der Waals surface area contributed by atoms with Crippen LogP contribution in [-0.4, -0.2) is 19.0 Å².